The second kappa shape index (κ2) is 8.75. The zero-order chi connectivity index (χ0) is 19.9. The van der Waals surface area contributed by atoms with Crippen LogP contribution in [-0.2, 0) is 6.61 Å². The largest absolute Gasteiger partial charge is 0.508 e. The van der Waals surface area contributed by atoms with Crippen molar-refractivity contribution in [3.05, 3.63) is 96.8 Å². The summed E-state index contributed by atoms with van der Waals surface area (Å²) >= 11 is 0. The van der Waals surface area contributed by atoms with Gasteiger partial charge in [0.25, 0.3) is 0 Å². The molecule has 0 amide bonds. The minimum absolute atomic E-state index is 0.171. The zero-order valence-corrected chi connectivity index (χ0v) is 15.5. The smallest absolute Gasteiger partial charge is 0.227 e. The summed E-state index contributed by atoms with van der Waals surface area (Å²) in [6.07, 6.45) is 3.16. The Labute approximate surface area is 168 Å². The van der Waals surface area contributed by atoms with Crippen molar-refractivity contribution in [2.75, 3.05) is 5.32 Å². The summed E-state index contributed by atoms with van der Waals surface area (Å²) in [7, 11) is 0. The summed E-state index contributed by atoms with van der Waals surface area (Å²) < 4.78 is 11.6. The van der Waals surface area contributed by atoms with E-state index in [4.69, 9.17) is 9.47 Å². The summed E-state index contributed by atoms with van der Waals surface area (Å²) in [4.78, 5) is 8.48. The molecule has 0 aliphatic carbocycles. The van der Waals surface area contributed by atoms with E-state index in [1.807, 2.05) is 60.7 Å². The van der Waals surface area contributed by atoms with Gasteiger partial charge in [0, 0.05) is 17.8 Å². The van der Waals surface area contributed by atoms with E-state index in [1.54, 1.807) is 30.6 Å². The van der Waals surface area contributed by atoms with Crippen LogP contribution in [0.25, 0.3) is 0 Å². The number of benzene rings is 3. The van der Waals surface area contributed by atoms with Crippen molar-refractivity contribution in [2.45, 2.75) is 6.61 Å². The van der Waals surface area contributed by atoms with Gasteiger partial charge in [-0.25, -0.2) is 9.97 Å². The topological polar surface area (TPSA) is 76.5 Å². The fraction of sp³-hybridized carbons (Fsp3) is 0.0435. The lowest BCUT2D eigenvalue weighted by molar-refractivity contribution is 0.304. The third-order valence-electron chi connectivity index (χ3n) is 4.02. The maximum atomic E-state index is 9.51. The highest BCUT2D eigenvalue weighted by Crippen LogP contribution is 2.26. The van der Waals surface area contributed by atoms with Crippen LogP contribution in [0.2, 0.25) is 0 Å². The first kappa shape index (κ1) is 18.3. The summed E-state index contributed by atoms with van der Waals surface area (Å²) in [5.41, 5.74) is 1.80. The number of aromatic hydroxyl groups is 1. The van der Waals surface area contributed by atoms with E-state index in [9.17, 15) is 5.11 Å². The molecule has 6 heteroatoms. The van der Waals surface area contributed by atoms with E-state index in [0.717, 1.165) is 11.3 Å². The molecule has 4 rings (SSSR count). The Morgan fingerprint density at radius 3 is 2.31 bits per heavy atom. The van der Waals surface area contributed by atoms with Crippen LogP contribution in [0.5, 0.6) is 23.0 Å². The van der Waals surface area contributed by atoms with Crippen molar-refractivity contribution in [3.63, 3.8) is 0 Å². The molecule has 2 N–H and O–H groups in total. The van der Waals surface area contributed by atoms with Crippen LogP contribution in [0.3, 0.4) is 0 Å². The summed E-state index contributed by atoms with van der Waals surface area (Å²) in [5.74, 6) is 2.43. The van der Waals surface area contributed by atoms with Crippen LogP contribution >= 0.6 is 0 Å². The third-order valence-corrected chi connectivity index (χ3v) is 4.02. The Hall–Kier alpha value is -4.06. The Morgan fingerprint density at radius 2 is 1.52 bits per heavy atom. The fourth-order valence-corrected chi connectivity index (χ4v) is 2.65. The van der Waals surface area contributed by atoms with Crippen LogP contribution in [0.1, 0.15) is 5.56 Å². The van der Waals surface area contributed by atoms with Crippen molar-refractivity contribution >= 4 is 11.6 Å². The van der Waals surface area contributed by atoms with Gasteiger partial charge in [0.2, 0.25) is 5.95 Å². The number of nitrogens with zero attached hydrogens (tertiary/aromatic N) is 2. The standard InChI is InChI=1S/C23H19N3O3/c27-19-9-4-8-18(12-19)26-23-24-14-22(15-25-23)29-21-11-5-10-20(13-21)28-16-17-6-2-1-3-7-17/h1-15,27H,16H2,(H,24,25,26). The number of nitrogens with one attached hydrogen (secondary N) is 1. The molecule has 0 radical (unpaired) electrons. The monoisotopic (exact) mass is 385 g/mol. The second-order valence-corrected chi connectivity index (χ2v) is 6.27. The Balaban J connectivity index is 1.37. The molecule has 0 unspecified atom stereocenters. The number of aromatic nitrogens is 2. The molecule has 29 heavy (non-hydrogen) atoms. The molecule has 0 fully saturated rings. The van der Waals surface area contributed by atoms with Gasteiger partial charge in [0.05, 0.1) is 12.4 Å². The summed E-state index contributed by atoms with van der Waals surface area (Å²) in [6, 6.07) is 24.1. The number of hydrogen-bond donors (Lipinski definition) is 2. The van der Waals surface area contributed by atoms with E-state index in [-0.39, 0.29) is 5.75 Å². The first-order valence-electron chi connectivity index (χ1n) is 9.07. The van der Waals surface area contributed by atoms with Crippen molar-refractivity contribution in [1.82, 2.24) is 9.97 Å². The van der Waals surface area contributed by atoms with Gasteiger partial charge in [0.1, 0.15) is 23.9 Å². The van der Waals surface area contributed by atoms with Crippen molar-refractivity contribution < 1.29 is 14.6 Å². The lowest BCUT2D eigenvalue weighted by Gasteiger charge is -2.10. The van der Waals surface area contributed by atoms with Gasteiger partial charge < -0.3 is 19.9 Å². The molecule has 1 heterocycles. The second-order valence-electron chi connectivity index (χ2n) is 6.27. The van der Waals surface area contributed by atoms with E-state index >= 15 is 0 Å². The highest BCUT2D eigenvalue weighted by atomic mass is 16.5. The van der Waals surface area contributed by atoms with Crippen molar-refractivity contribution in [2.24, 2.45) is 0 Å². The van der Waals surface area contributed by atoms with Crippen LogP contribution in [0.4, 0.5) is 11.6 Å². The molecule has 0 saturated carbocycles. The molecule has 0 atom stereocenters. The van der Waals surface area contributed by atoms with E-state index in [1.165, 1.54) is 0 Å². The van der Waals surface area contributed by atoms with Crippen LogP contribution in [0.15, 0.2) is 91.3 Å². The quantitative estimate of drug-likeness (QED) is 0.450. The molecular formula is C23H19N3O3. The summed E-state index contributed by atoms with van der Waals surface area (Å²) in [6.45, 7) is 0.489. The van der Waals surface area contributed by atoms with E-state index in [2.05, 4.69) is 15.3 Å². The van der Waals surface area contributed by atoms with Gasteiger partial charge >= 0.3 is 0 Å². The molecule has 3 aromatic carbocycles. The van der Waals surface area contributed by atoms with E-state index < -0.39 is 0 Å². The molecule has 0 aliphatic heterocycles. The third kappa shape index (κ3) is 5.23. The minimum atomic E-state index is 0.171. The van der Waals surface area contributed by atoms with Gasteiger partial charge in [-0.15, -0.1) is 0 Å². The molecule has 0 spiro atoms. The Morgan fingerprint density at radius 1 is 0.759 bits per heavy atom. The Bertz CT molecular complexity index is 1070. The maximum absolute atomic E-state index is 9.51. The van der Waals surface area contributed by atoms with Gasteiger partial charge in [0.15, 0.2) is 5.75 Å². The fourth-order valence-electron chi connectivity index (χ4n) is 2.65. The number of ether oxygens (including phenoxy) is 2. The molecular weight excluding hydrogens is 366 g/mol. The predicted octanol–water partition coefficient (Wildman–Crippen LogP) is 5.30. The molecule has 0 aliphatic rings. The SMILES string of the molecule is Oc1cccc(Nc2ncc(Oc3cccc(OCc4ccccc4)c3)cn2)c1. The normalized spacial score (nSPS) is 10.3. The first-order valence-corrected chi connectivity index (χ1v) is 9.07. The number of phenols is 1. The average Bonchev–Trinajstić information content (AvgIpc) is 2.75. The molecule has 0 bridgehead atoms. The number of anilines is 2. The molecule has 144 valence electrons. The lowest BCUT2D eigenvalue weighted by Crippen LogP contribution is -1.97. The summed E-state index contributed by atoms with van der Waals surface area (Å²) in [5, 5.41) is 12.5. The first-order chi connectivity index (χ1) is 14.2. The molecule has 1 aromatic heterocycles. The Kier molecular flexibility index (Phi) is 5.53. The zero-order valence-electron chi connectivity index (χ0n) is 15.5. The van der Waals surface area contributed by atoms with Crippen molar-refractivity contribution in [3.8, 4) is 23.0 Å². The van der Waals surface area contributed by atoms with Crippen LogP contribution < -0.4 is 14.8 Å². The number of phenolic OH excluding ortho intramolecular Hbond substituents is 1. The van der Waals surface area contributed by atoms with Gasteiger partial charge in [-0.1, -0.05) is 42.5 Å². The minimum Gasteiger partial charge on any atom is -0.508 e. The van der Waals surface area contributed by atoms with Gasteiger partial charge in [-0.3, -0.25) is 0 Å². The number of hydrogen-bond acceptors (Lipinski definition) is 6. The molecule has 6 nitrogen and oxygen atoms in total. The maximum Gasteiger partial charge on any atom is 0.227 e. The average molecular weight is 385 g/mol. The van der Waals surface area contributed by atoms with E-state index in [0.29, 0.717) is 29.7 Å². The highest BCUT2D eigenvalue weighted by Gasteiger charge is 2.04. The number of rotatable bonds is 7. The lowest BCUT2D eigenvalue weighted by atomic mass is 10.2. The van der Waals surface area contributed by atoms with Gasteiger partial charge in [-0.2, -0.15) is 0 Å². The van der Waals surface area contributed by atoms with Crippen molar-refractivity contribution in [1.29, 1.82) is 0 Å². The molecule has 4 aromatic rings. The highest BCUT2D eigenvalue weighted by molar-refractivity contribution is 5.55. The van der Waals surface area contributed by atoms with Crippen LogP contribution in [0, 0.1) is 0 Å². The predicted molar refractivity (Wildman–Crippen MR) is 111 cm³/mol. The molecule has 0 saturated heterocycles. The van der Waals surface area contributed by atoms with Gasteiger partial charge in [-0.05, 0) is 29.8 Å². The van der Waals surface area contributed by atoms with Crippen LogP contribution in [-0.4, -0.2) is 15.1 Å².